The van der Waals surface area contributed by atoms with Gasteiger partial charge in [-0.05, 0) is 19.8 Å². The summed E-state index contributed by atoms with van der Waals surface area (Å²) >= 11 is 1.69. The van der Waals surface area contributed by atoms with E-state index in [1.807, 2.05) is 12.4 Å². The third-order valence-corrected chi connectivity index (χ3v) is 8.61. The van der Waals surface area contributed by atoms with Crippen molar-refractivity contribution in [2.24, 2.45) is 5.92 Å². The molecule has 1 aromatic rings. The highest BCUT2D eigenvalue weighted by Crippen LogP contribution is 2.34. The van der Waals surface area contributed by atoms with Crippen LogP contribution in [0.15, 0.2) is 5.51 Å². The molecule has 30 heavy (non-hydrogen) atoms. The molecule has 3 fully saturated rings. The van der Waals surface area contributed by atoms with Crippen LogP contribution in [0.5, 0.6) is 0 Å². The number of hydrogen-bond acceptors (Lipinski definition) is 7. The van der Waals surface area contributed by atoms with Crippen LogP contribution in [0, 0.1) is 12.8 Å². The first-order chi connectivity index (χ1) is 14.0. The summed E-state index contributed by atoms with van der Waals surface area (Å²) < 4.78 is 64.4. The number of carbonyl (C=O) groups is 1. The minimum Gasteiger partial charge on any atom is -0.475 e. The quantitative estimate of drug-likeness (QED) is 0.714. The summed E-state index contributed by atoms with van der Waals surface area (Å²) in [5.41, 5.74) is 2.99. The zero-order valence-corrected chi connectivity index (χ0v) is 18.0. The largest absolute Gasteiger partial charge is 0.490 e. The van der Waals surface area contributed by atoms with E-state index in [1.165, 1.54) is 4.88 Å². The van der Waals surface area contributed by atoms with E-state index in [0.717, 1.165) is 38.2 Å². The van der Waals surface area contributed by atoms with Crippen LogP contribution in [0.4, 0.5) is 13.2 Å². The first-order valence-electron chi connectivity index (χ1n) is 9.50. The fourth-order valence-electron chi connectivity index (χ4n) is 3.57. The molecule has 2 saturated heterocycles. The summed E-state index contributed by atoms with van der Waals surface area (Å²) in [6, 6.07) is 0. The Hall–Kier alpha value is -1.28. The van der Waals surface area contributed by atoms with E-state index in [1.54, 1.807) is 15.6 Å². The Balaban J connectivity index is 0.000000318. The molecular weight excluding hydrogens is 447 g/mol. The van der Waals surface area contributed by atoms with Gasteiger partial charge in [-0.3, -0.25) is 4.90 Å². The van der Waals surface area contributed by atoms with Gasteiger partial charge in [0, 0.05) is 43.5 Å². The number of halogens is 3. The molecule has 3 aliphatic rings. The second-order valence-corrected chi connectivity index (χ2v) is 10.8. The van der Waals surface area contributed by atoms with E-state index >= 15 is 0 Å². The molecule has 0 unspecified atom stereocenters. The van der Waals surface area contributed by atoms with Crippen LogP contribution in [0.1, 0.15) is 23.4 Å². The molecular formula is C17H24F3N3O5S2. The number of hydrogen-bond donors (Lipinski definition) is 1. The number of thiazole rings is 1. The van der Waals surface area contributed by atoms with Crippen molar-refractivity contribution in [3.8, 4) is 0 Å². The number of sulfonamides is 1. The average molecular weight is 472 g/mol. The van der Waals surface area contributed by atoms with Crippen LogP contribution in [0.25, 0.3) is 0 Å². The van der Waals surface area contributed by atoms with Crippen molar-refractivity contribution >= 4 is 27.3 Å². The van der Waals surface area contributed by atoms with Crippen LogP contribution in [-0.2, 0) is 26.1 Å². The maximum atomic E-state index is 12.5. The Bertz CT molecular complexity index is 857. The lowest BCUT2D eigenvalue weighted by Crippen LogP contribution is -2.39. The van der Waals surface area contributed by atoms with Gasteiger partial charge in [0.05, 0.1) is 29.2 Å². The van der Waals surface area contributed by atoms with Crippen LogP contribution >= 0.6 is 11.3 Å². The molecule has 1 saturated carbocycles. The third kappa shape index (κ3) is 5.69. The standard InChI is InChI=1S/C15H23N3O3S2.C2HF3O2/c1-11-15(22-10-16-11)9-17-6-12-7-18(4-5-21-14(12)8-17)23(19,20)13-2-3-13;3-2(4,5)1(6)7/h10,12-14H,2-9H2,1H3;(H,6,7)/t12-,14-;/m1./s1. The molecule has 8 nitrogen and oxygen atoms in total. The molecule has 0 bridgehead atoms. The zero-order valence-electron chi connectivity index (χ0n) is 16.3. The number of nitrogens with zero attached hydrogens (tertiary/aromatic N) is 3. The molecule has 1 aromatic heterocycles. The van der Waals surface area contributed by atoms with Crippen molar-refractivity contribution in [3.63, 3.8) is 0 Å². The van der Waals surface area contributed by atoms with Gasteiger partial charge in [-0.2, -0.15) is 17.5 Å². The fourth-order valence-corrected chi connectivity index (χ4v) is 6.27. The topological polar surface area (TPSA) is 100 Å². The minimum atomic E-state index is -5.08. The minimum absolute atomic E-state index is 0.128. The maximum Gasteiger partial charge on any atom is 0.490 e. The van der Waals surface area contributed by atoms with Gasteiger partial charge in [-0.25, -0.2) is 18.2 Å². The summed E-state index contributed by atoms with van der Waals surface area (Å²) in [5, 5.41) is 7.00. The highest BCUT2D eigenvalue weighted by molar-refractivity contribution is 7.90. The number of aliphatic carboxylic acids is 1. The number of ether oxygens (including phenoxy) is 1. The van der Waals surface area contributed by atoms with Crippen LogP contribution in [0.2, 0.25) is 0 Å². The predicted molar refractivity (Wildman–Crippen MR) is 103 cm³/mol. The summed E-state index contributed by atoms with van der Waals surface area (Å²) in [6.45, 7) is 6.36. The van der Waals surface area contributed by atoms with Crippen molar-refractivity contribution in [2.45, 2.75) is 43.8 Å². The summed E-state index contributed by atoms with van der Waals surface area (Å²) in [6.07, 6.45) is -3.28. The van der Waals surface area contributed by atoms with E-state index in [4.69, 9.17) is 14.6 Å². The second kappa shape index (κ2) is 9.07. The lowest BCUT2D eigenvalue weighted by molar-refractivity contribution is -0.192. The van der Waals surface area contributed by atoms with Gasteiger partial charge in [0.15, 0.2) is 0 Å². The molecule has 0 spiro atoms. The van der Waals surface area contributed by atoms with E-state index < -0.39 is 22.2 Å². The summed E-state index contributed by atoms with van der Waals surface area (Å²) in [5.74, 6) is -2.48. The molecule has 13 heteroatoms. The molecule has 0 aromatic carbocycles. The molecule has 2 atom stereocenters. The number of likely N-dealkylation sites (tertiary alicyclic amines) is 1. The lowest BCUT2D eigenvalue weighted by atomic mass is 10.1. The van der Waals surface area contributed by atoms with Gasteiger partial charge >= 0.3 is 12.1 Å². The van der Waals surface area contributed by atoms with E-state index in [9.17, 15) is 21.6 Å². The highest BCUT2D eigenvalue weighted by Gasteiger charge is 2.44. The maximum absolute atomic E-state index is 12.5. The summed E-state index contributed by atoms with van der Waals surface area (Å²) in [7, 11) is -3.10. The van der Waals surface area contributed by atoms with Crippen LogP contribution < -0.4 is 0 Å². The number of rotatable bonds is 4. The number of carboxylic acids is 1. The van der Waals surface area contributed by atoms with E-state index in [2.05, 4.69) is 9.88 Å². The number of aryl methyl sites for hydroxylation is 1. The number of alkyl halides is 3. The molecule has 2 aliphatic heterocycles. The van der Waals surface area contributed by atoms with Crippen molar-refractivity contribution < 1.29 is 36.2 Å². The van der Waals surface area contributed by atoms with Gasteiger partial charge in [0.25, 0.3) is 0 Å². The van der Waals surface area contributed by atoms with Crippen molar-refractivity contribution in [1.29, 1.82) is 0 Å². The van der Waals surface area contributed by atoms with Gasteiger partial charge in [0.2, 0.25) is 10.0 Å². The molecule has 1 N–H and O–H groups in total. The van der Waals surface area contributed by atoms with Crippen molar-refractivity contribution in [1.82, 2.24) is 14.2 Å². The average Bonchev–Trinajstić information content (AvgIpc) is 3.39. The molecule has 4 rings (SSSR count). The monoisotopic (exact) mass is 471 g/mol. The zero-order chi connectivity index (χ0) is 22.1. The van der Waals surface area contributed by atoms with Crippen molar-refractivity contribution in [2.75, 3.05) is 32.8 Å². The Kier molecular flexibility index (Phi) is 7.07. The second-order valence-electron chi connectivity index (χ2n) is 7.63. The number of fused-ring (bicyclic) bond motifs is 1. The van der Waals surface area contributed by atoms with Crippen molar-refractivity contribution in [3.05, 3.63) is 16.1 Å². The first kappa shape index (κ1) is 23.4. The molecule has 3 heterocycles. The smallest absolute Gasteiger partial charge is 0.475 e. The molecule has 0 radical (unpaired) electrons. The number of carboxylic acid groups (broad SMARTS) is 1. The summed E-state index contributed by atoms with van der Waals surface area (Å²) in [4.78, 5) is 16.9. The van der Waals surface area contributed by atoms with Gasteiger partial charge in [-0.1, -0.05) is 0 Å². The highest BCUT2D eigenvalue weighted by atomic mass is 32.2. The molecule has 170 valence electrons. The normalized spacial score (nSPS) is 25.9. The van der Waals surface area contributed by atoms with Crippen LogP contribution in [-0.4, -0.2) is 84.0 Å². The first-order valence-corrected chi connectivity index (χ1v) is 11.9. The molecule has 1 aliphatic carbocycles. The molecule has 0 amide bonds. The van der Waals surface area contributed by atoms with Gasteiger partial charge in [0.1, 0.15) is 0 Å². The van der Waals surface area contributed by atoms with Gasteiger partial charge in [-0.15, -0.1) is 11.3 Å². The lowest BCUT2D eigenvalue weighted by Gasteiger charge is -2.23. The predicted octanol–water partition coefficient (Wildman–Crippen LogP) is 1.71. The Morgan fingerprint density at radius 1 is 1.33 bits per heavy atom. The SMILES string of the molecule is Cc1ncsc1CN1C[C@@H]2CN(S(=O)(=O)C3CC3)CCO[C@@H]2C1.O=C(O)C(F)(F)F. The fraction of sp³-hybridized carbons (Fsp3) is 0.765. The third-order valence-electron chi connectivity index (χ3n) is 5.33. The van der Waals surface area contributed by atoms with E-state index in [0.29, 0.717) is 19.7 Å². The Labute approximate surface area is 176 Å². The Morgan fingerprint density at radius 3 is 2.53 bits per heavy atom. The number of aromatic nitrogens is 1. The van der Waals surface area contributed by atoms with E-state index in [-0.39, 0.29) is 17.3 Å². The van der Waals surface area contributed by atoms with Gasteiger partial charge < -0.3 is 9.84 Å². The van der Waals surface area contributed by atoms with Crippen LogP contribution in [0.3, 0.4) is 0 Å². The Morgan fingerprint density at radius 2 is 2.00 bits per heavy atom.